The molecule has 5 rings (SSSR count). The van der Waals surface area contributed by atoms with Gasteiger partial charge in [-0.25, -0.2) is 4.98 Å². The van der Waals surface area contributed by atoms with E-state index in [-0.39, 0.29) is 17.6 Å². The van der Waals surface area contributed by atoms with E-state index in [2.05, 4.69) is 39.1 Å². The third kappa shape index (κ3) is 4.28. The van der Waals surface area contributed by atoms with Gasteiger partial charge in [0, 0.05) is 43.9 Å². The van der Waals surface area contributed by atoms with Crippen molar-refractivity contribution in [2.24, 2.45) is 7.05 Å². The van der Waals surface area contributed by atoms with E-state index in [9.17, 15) is 4.79 Å². The molecule has 0 spiro atoms. The molecule has 0 aromatic carbocycles. The number of anilines is 1. The highest BCUT2D eigenvalue weighted by Crippen LogP contribution is 2.38. The molecule has 1 saturated heterocycles. The molecule has 3 aromatic heterocycles. The van der Waals surface area contributed by atoms with E-state index in [0.717, 1.165) is 36.3 Å². The summed E-state index contributed by atoms with van der Waals surface area (Å²) in [5, 5.41) is 7.10. The van der Waals surface area contributed by atoms with Crippen molar-refractivity contribution >= 4 is 11.7 Å². The Labute approximate surface area is 192 Å². The van der Waals surface area contributed by atoms with E-state index < -0.39 is 0 Å². The Morgan fingerprint density at radius 1 is 1.30 bits per heavy atom. The van der Waals surface area contributed by atoms with Crippen LogP contribution in [0.3, 0.4) is 0 Å². The molecule has 1 fully saturated rings. The van der Waals surface area contributed by atoms with E-state index in [4.69, 9.17) is 9.47 Å². The van der Waals surface area contributed by atoms with Gasteiger partial charge in [0.1, 0.15) is 23.1 Å². The average Bonchev–Trinajstić information content (AvgIpc) is 3.35. The van der Waals surface area contributed by atoms with E-state index >= 15 is 0 Å². The maximum atomic E-state index is 13.3. The summed E-state index contributed by atoms with van der Waals surface area (Å²) in [4.78, 5) is 24.7. The van der Waals surface area contributed by atoms with E-state index in [1.807, 2.05) is 38.5 Å². The fourth-order valence-corrected chi connectivity index (χ4v) is 4.14. The summed E-state index contributed by atoms with van der Waals surface area (Å²) >= 11 is 0. The summed E-state index contributed by atoms with van der Waals surface area (Å²) in [5.74, 6) is 0.989. The Morgan fingerprint density at radius 3 is 2.82 bits per heavy atom. The Bertz CT molecular complexity index is 1200. The van der Waals surface area contributed by atoms with Crippen molar-refractivity contribution in [3.05, 3.63) is 47.8 Å². The number of aromatic nitrogens is 4. The van der Waals surface area contributed by atoms with Crippen molar-refractivity contribution in [2.45, 2.75) is 38.4 Å². The number of fused-ring (bicyclic) bond motifs is 1. The zero-order valence-corrected chi connectivity index (χ0v) is 19.3. The number of pyridine rings is 2. The fourth-order valence-electron chi connectivity index (χ4n) is 4.14. The van der Waals surface area contributed by atoms with Gasteiger partial charge in [0.15, 0.2) is 0 Å². The SMILES string of the molecule is CCC1(C)Cc2cc(C(=O)Nc3cccc(-c4cnn(C)c4)n3)c(OC3CN(C)C3)nc2O1. The largest absolute Gasteiger partial charge is 0.471 e. The number of hydrogen-bond donors (Lipinski definition) is 1. The number of rotatable bonds is 6. The second kappa shape index (κ2) is 8.15. The Morgan fingerprint density at radius 2 is 2.12 bits per heavy atom. The molecule has 0 aliphatic carbocycles. The molecule has 2 aliphatic heterocycles. The average molecular weight is 449 g/mol. The van der Waals surface area contributed by atoms with Gasteiger partial charge in [0.25, 0.3) is 5.91 Å². The third-order valence-corrected chi connectivity index (χ3v) is 6.23. The first-order valence-corrected chi connectivity index (χ1v) is 11.2. The number of carbonyl (C=O) groups excluding carboxylic acids is 1. The lowest BCUT2D eigenvalue weighted by atomic mass is 9.96. The number of likely N-dealkylation sites (tertiary alicyclic amines) is 1. The van der Waals surface area contributed by atoms with Crippen LogP contribution >= 0.6 is 0 Å². The van der Waals surface area contributed by atoms with Crippen LogP contribution in [0.25, 0.3) is 11.3 Å². The Hall–Kier alpha value is -3.46. The highest BCUT2D eigenvalue weighted by Gasteiger charge is 2.37. The van der Waals surface area contributed by atoms with Crippen LogP contribution in [-0.4, -0.2) is 62.4 Å². The number of nitrogens with one attached hydrogen (secondary N) is 1. The lowest BCUT2D eigenvalue weighted by Gasteiger charge is -2.35. The van der Waals surface area contributed by atoms with Crippen molar-refractivity contribution in [1.82, 2.24) is 24.6 Å². The number of aryl methyl sites for hydroxylation is 1. The van der Waals surface area contributed by atoms with Gasteiger partial charge in [-0.3, -0.25) is 14.4 Å². The number of nitrogens with zero attached hydrogens (tertiary/aromatic N) is 5. The summed E-state index contributed by atoms with van der Waals surface area (Å²) in [5.41, 5.74) is 2.59. The van der Waals surface area contributed by atoms with Crippen molar-refractivity contribution < 1.29 is 14.3 Å². The molecule has 9 heteroatoms. The summed E-state index contributed by atoms with van der Waals surface area (Å²) in [7, 11) is 3.88. The molecule has 1 unspecified atom stereocenters. The minimum Gasteiger partial charge on any atom is -0.471 e. The Balaban J connectivity index is 1.43. The lowest BCUT2D eigenvalue weighted by Crippen LogP contribution is -2.51. The fraction of sp³-hybridized carbons (Fsp3) is 0.417. The van der Waals surface area contributed by atoms with Gasteiger partial charge >= 0.3 is 0 Å². The summed E-state index contributed by atoms with van der Waals surface area (Å²) in [6.07, 6.45) is 5.17. The molecule has 1 N–H and O–H groups in total. The molecule has 5 heterocycles. The molecule has 2 aliphatic rings. The maximum Gasteiger partial charge on any atom is 0.262 e. The molecule has 172 valence electrons. The molecular weight excluding hydrogens is 420 g/mol. The minimum atomic E-state index is -0.321. The van der Waals surface area contributed by atoms with E-state index in [1.54, 1.807) is 16.9 Å². The highest BCUT2D eigenvalue weighted by atomic mass is 16.5. The topological polar surface area (TPSA) is 94.4 Å². The predicted octanol–water partition coefficient (Wildman–Crippen LogP) is 2.93. The van der Waals surface area contributed by atoms with Gasteiger partial charge in [-0.2, -0.15) is 10.1 Å². The first kappa shape index (κ1) is 21.4. The van der Waals surface area contributed by atoms with Crippen LogP contribution in [0.15, 0.2) is 36.7 Å². The molecule has 0 bridgehead atoms. The van der Waals surface area contributed by atoms with Crippen molar-refractivity contribution in [1.29, 1.82) is 0 Å². The first-order valence-electron chi connectivity index (χ1n) is 11.2. The number of amides is 1. The number of ether oxygens (including phenoxy) is 2. The monoisotopic (exact) mass is 448 g/mol. The number of hydrogen-bond acceptors (Lipinski definition) is 7. The van der Waals surface area contributed by atoms with Gasteiger partial charge in [0.2, 0.25) is 11.8 Å². The first-order chi connectivity index (χ1) is 15.8. The van der Waals surface area contributed by atoms with Crippen LogP contribution in [0.1, 0.15) is 36.2 Å². The van der Waals surface area contributed by atoms with Crippen LogP contribution in [0.2, 0.25) is 0 Å². The van der Waals surface area contributed by atoms with E-state index in [1.165, 1.54) is 0 Å². The predicted molar refractivity (Wildman–Crippen MR) is 124 cm³/mol. The molecule has 0 radical (unpaired) electrons. The van der Waals surface area contributed by atoms with Crippen molar-refractivity contribution in [3.8, 4) is 23.0 Å². The smallest absolute Gasteiger partial charge is 0.262 e. The van der Waals surface area contributed by atoms with Crippen LogP contribution in [-0.2, 0) is 13.5 Å². The molecular formula is C24H28N6O3. The van der Waals surface area contributed by atoms with Gasteiger partial charge in [-0.15, -0.1) is 0 Å². The molecule has 1 atom stereocenters. The molecule has 0 saturated carbocycles. The molecule has 3 aromatic rings. The second-order valence-electron chi connectivity index (χ2n) is 9.11. The van der Waals surface area contributed by atoms with Crippen LogP contribution in [0, 0.1) is 0 Å². The van der Waals surface area contributed by atoms with Gasteiger partial charge in [-0.1, -0.05) is 13.0 Å². The minimum absolute atomic E-state index is 0.00176. The van der Waals surface area contributed by atoms with E-state index in [0.29, 0.717) is 29.6 Å². The number of likely N-dealkylation sites (N-methyl/N-ethyl adjacent to an activating group) is 1. The van der Waals surface area contributed by atoms with Gasteiger partial charge in [0.05, 0.1) is 11.9 Å². The maximum absolute atomic E-state index is 13.3. The zero-order valence-electron chi connectivity index (χ0n) is 19.3. The molecule has 9 nitrogen and oxygen atoms in total. The number of carbonyl (C=O) groups is 1. The quantitative estimate of drug-likeness (QED) is 0.620. The van der Waals surface area contributed by atoms with Crippen LogP contribution < -0.4 is 14.8 Å². The lowest BCUT2D eigenvalue weighted by molar-refractivity contribution is 0.0338. The highest BCUT2D eigenvalue weighted by molar-refractivity contribution is 6.05. The van der Waals surface area contributed by atoms with Gasteiger partial charge in [-0.05, 0) is 38.6 Å². The summed E-state index contributed by atoms with van der Waals surface area (Å²) in [6, 6.07) is 7.35. The van der Waals surface area contributed by atoms with Crippen LogP contribution in [0.5, 0.6) is 11.8 Å². The zero-order chi connectivity index (χ0) is 23.2. The third-order valence-electron chi connectivity index (χ3n) is 6.23. The standard InChI is InChI=1S/C24H28N6O3/c1-5-24(2)10-15-9-18(23(28-22(15)33-24)32-17-13-29(3)14-17)21(31)27-20-8-6-7-19(26-20)16-11-25-30(4)12-16/h6-9,11-12,17H,5,10,13-14H2,1-4H3,(H,26,27,31). The molecule has 1 amide bonds. The summed E-state index contributed by atoms with van der Waals surface area (Å²) < 4.78 is 13.9. The second-order valence-corrected chi connectivity index (χ2v) is 9.11. The normalized spacial score (nSPS) is 20.1. The van der Waals surface area contributed by atoms with Crippen LogP contribution in [0.4, 0.5) is 5.82 Å². The van der Waals surface area contributed by atoms with Crippen molar-refractivity contribution in [3.63, 3.8) is 0 Å². The van der Waals surface area contributed by atoms with Crippen molar-refractivity contribution in [2.75, 3.05) is 25.5 Å². The molecule has 33 heavy (non-hydrogen) atoms. The summed E-state index contributed by atoms with van der Waals surface area (Å²) in [6.45, 7) is 5.73. The van der Waals surface area contributed by atoms with Gasteiger partial charge < -0.3 is 14.8 Å². The Kier molecular flexibility index (Phi) is 5.28.